The minimum Gasteiger partial charge on any atom is -0.398 e. The fourth-order valence-corrected chi connectivity index (χ4v) is 1.94. The number of nitrogens with two attached hydrogens (primary N) is 2. The molecule has 0 saturated heterocycles. The highest BCUT2D eigenvalue weighted by molar-refractivity contribution is 9.10. The molecule has 0 unspecified atom stereocenters. The third-order valence-corrected chi connectivity index (χ3v) is 3.12. The molecule has 4 N–H and O–H groups in total. The zero-order valence-electron chi connectivity index (χ0n) is 8.84. The van der Waals surface area contributed by atoms with E-state index in [1.54, 1.807) is 0 Å². The molecule has 14 heavy (non-hydrogen) atoms. The predicted molar refractivity (Wildman–Crippen MR) is 65.1 cm³/mol. The molecule has 0 aromatic heterocycles. The summed E-state index contributed by atoms with van der Waals surface area (Å²) in [6.07, 6.45) is 0. The Bertz CT molecular complexity index is 311. The molecule has 0 spiro atoms. The number of aryl methyl sites for hydroxylation is 1. The van der Waals surface area contributed by atoms with Crippen molar-refractivity contribution in [3.63, 3.8) is 0 Å². The van der Waals surface area contributed by atoms with Gasteiger partial charge in [-0.15, -0.1) is 0 Å². The first-order chi connectivity index (χ1) is 6.43. The van der Waals surface area contributed by atoms with Crippen LogP contribution in [0.1, 0.15) is 31.0 Å². The number of nitrogen functional groups attached to an aromatic ring is 1. The lowest BCUT2D eigenvalue weighted by atomic mass is 9.95. The van der Waals surface area contributed by atoms with Crippen LogP contribution in [-0.2, 0) is 0 Å². The maximum absolute atomic E-state index is 6.06. The highest BCUT2D eigenvalue weighted by atomic mass is 79.9. The van der Waals surface area contributed by atoms with Gasteiger partial charge in [-0.05, 0) is 46.0 Å². The quantitative estimate of drug-likeness (QED) is 0.800. The molecule has 3 heteroatoms. The van der Waals surface area contributed by atoms with Crippen LogP contribution < -0.4 is 11.5 Å². The number of benzene rings is 1. The molecule has 0 aliphatic heterocycles. The zero-order valence-corrected chi connectivity index (χ0v) is 10.4. The third-order valence-electron chi connectivity index (χ3n) is 2.46. The molecular weight excluding hydrogens is 240 g/mol. The largest absolute Gasteiger partial charge is 0.398 e. The molecule has 0 bridgehead atoms. The van der Waals surface area contributed by atoms with Gasteiger partial charge in [0.2, 0.25) is 0 Å². The number of anilines is 1. The van der Waals surface area contributed by atoms with Crippen LogP contribution in [0.15, 0.2) is 16.6 Å². The molecule has 1 aromatic carbocycles. The number of hydrogen-bond donors (Lipinski definition) is 2. The van der Waals surface area contributed by atoms with Gasteiger partial charge in [0.25, 0.3) is 0 Å². The van der Waals surface area contributed by atoms with E-state index in [1.165, 1.54) is 0 Å². The maximum Gasteiger partial charge on any atom is 0.0488 e. The van der Waals surface area contributed by atoms with E-state index in [2.05, 4.69) is 35.8 Å². The van der Waals surface area contributed by atoms with Crippen molar-refractivity contribution >= 4 is 21.6 Å². The Labute approximate surface area is 93.8 Å². The van der Waals surface area contributed by atoms with Gasteiger partial charge in [0.05, 0.1) is 0 Å². The molecule has 1 rings (SSSR count). The molecule has 0 saturated carbocycles. The lowest BCUT2D eigenvalue weighted by molar-refractivity contribution is 0.514. The van der Waals surface area contributed by atoms with E-state index >= 15 is 0 Å². The molecule has 0 heterocycles. The monoisotopic (exact) mass is 256 g/mol. The molecular formula is C11H17BrN2. The molecule has 2 nitrogen and oxygen atoms in total. The second-order valence-corrected chi connectivity index (χ2v) is 4.86. The normalized spacial score (nSPS) is 13.3. The van der Waals surface area contributed by atoms with Crippen LogP contribution in [0.5, 0.6) is 0 Å². The first-order valence-corrected chi connectivity index (χ1v) is 5.54. The Morgan fingerprint density at radius 1 is 1.29 bits per heavy atom. The van der Waals surface area contributed by atoms with Gasteiger partial charge in [-0.1, -0.05) is 19.9 Å². The van der Waals surface area contributed by atoms with E-state index in [0.29, 0.717) is 5.92 Å². The average molecular weight is 257 g/mol. The lowest BCUT2D eigenvalue weighted by Crippen LogP contribution is -2.17. The van der Waals surface area contributed by atoms with Crippen LogP contribution in [0.25, 0.3) is 0 Å². The van der Waals surface area contributed by atoms with Crippen molar-refractivity contribution in [2.45, 2.75) is 26.8 Å². The summed E-state index contributed by atoms with van der Waals surface area (Å²) in [4.78, 5) is 0. The van der Waals surface area contributed by atoms with Crippen molar-refractivity contribution in [1.82, 2.24) is 0 Å². The van der Waals surface area contributed by atoms with E-state index < -0.39 is 0 Å². The minimum absolute atomic E-state index is 0.0746. The van der Waals surface area contributed by atoms with E-state index in [9.17, 15) is 0 Å². The van der Waals surface area contributed by atoms with Gasteiger partial charge in [-0.2, -0.15) is 0 Å². The molecule has 1 aromatic rings. The fourth-order valence-electron chi connectivity index (χ4n) is 1.36. The summed E-state index contributed by atoms with van der Waals surface area (Å²) >= 11 is 3.43. The molecule has 0 aliphatic carbocycles. The summed E-state index contributed by atoms with van der Waals surface area (Å²) in [6.45, 7) is 6.23. The first-order valence-electron chi connectivity index (χ1n) is 4.74. The Hall–Kier alpha value is -0.540. The Morgan fingerprint density at radius 3 is 2.29 bits per heavy atom. The van der Waals surface area contributed by atoms with E-state index in [0.717, 1.165) is 21.3 Å². The number of rotatable bonds is 2. The second-order valence-electron chi connectivity index (χ2n) is 4.00. The van der Waals surface area contributed by atoms with Gasteiger partial charge in [-0.3, -0.25) is 0 Å². The average Bonchev–Trinajstić information content (AvgIpc) is 2.12. The van der Waals surface area contributed by atoms with Gasteiger partial charge in [-0.25, -0.2) is 0 Å². The second kappa shape index (κ2) is 4.32. The van der Waals surface area contributed by atoms with Crippen molar-refractivity contribution < 1.29 is 0 Å². The van der Waals surface area contributed by atoms with Crippen LogP contribution >= 0.6 is 15.9 Å². The highest BCUT2D eigenvalue weighted by Gasteiger charge is 2.12. The lowest BCUT2D eigenvalue weighted by Gasteiger charge is -2.18. The summed E-state index contributed by atoms with van der Waals surface area (Å²) < 4.78 is 0.934. The molecule has 78 valence electrons. The van der Waals surface area contributed by atoms with Crippen LogP contribution in [0, 0.1) is 12.8 Å². The summed E-state index contributed by atoms with van der Waals surface area (Å²) in [5, 5.41) is 0. The summed E-state index contributed by atoms with van der Waals surface area (Å²) in [5.41, 5.74) is 14.9. The van der Waals surface area contributed by atoms with E-state index in [1.807, 2.05) is 13.0 Å². The fraction of sp³-hybridized carbons (Fsp3) is 0.455. The number of hydrogen-bond acceptors (Lipinski definition) is 2. The topological polar surface area (TPSA) is 52.0 Å². The van der Waals surface area contributed by atoms with Crippen molar-refractivity contribution in [2.75, 3.05) is 5.73 Å². The van der Waals surface area contributed by atoms with Crippen LogP contribution in [0.2, 0.25) is 0 Å². The standard InChI is InChI=1S/C11H17BrN2/c1-6(2)10(13)8-4-7(3)11(14)9(12)5-8/h4-6,10H,13-14H2,1-3H3/t10-/m1/s1. The van der Waals surface area contributed by atoms with Crippen molar-refractivity contribution in [3.05, 3.63) is 27.7 Å². The van der Waals surface area contributed by atoms with E-state index in [-0.39, 0.29) is 6.04 Å². The van der Waals surface area contributed by atoms with Crippen LogP contribution in [-0.4, -0.2) is 0 Å². The molecule has 1 atom stereocenters. The van der Waals surface area contributed by atoms with Gasteiger partial charge in [0.1, 0.15) is 0 Å². The third kappa shape index (κ3) is 2.28. The SMILES string of the molecule is Cc1cc([C@H](N)C(C)C)cc(Br)c1N. The highest BCUT2D eigenvalue weighted by Crippen LogP contribution is 2.29. The van der Waals surface area contributed by atoms with E-state index in [4.69, 9.17) is 11.5 Å². The minimum atomic E-state index is 0.0746. The van der Waals surface area contributed by atoms with Gasteiger partial charge in [0.15, 0.2) is 0 Å². The Balaban J connectivity index is 3.12. The van der Waals surface area contributed by atoms with Crippen molar-refractivity contribution in [3.8, 4) is 0 Å². The molecule has 0 aliphatic rings. The van der Waals surface area contributed by atoms with Crippen LogP contribution in [0.4, 0.5) is 5.69 Å². The van der Waals surface area contributed by atoms with Crippen LogP contribution in [0.3, 0.4) is 0 Å². The predicted octanol–water partition coefficient (Wildman–Crippen LogP) is 3.00. The Morgan fingerprint density at radius 2 is 1.86 bits per heavy atom. The number of halogens is 1. The van der Waals surface area contributed by atoms with Gasteiger partial charge < -0.3 is 11.5 Å². The first kappa shape index (κ1) is 11.5. The molecule has 0 radical (unpaired) electrons. The smallest absolute Gasteiger partial charge is 0.0488 e. The zero-order chi connectivity index (χ0) is 10.9. The Kier molecular flexibility index (Phi) is 3.56. The molecule has 0 fully saturated rings. The summed E-state index contributed by atoms with van der Waals surface area (Å²) in [7, 11) is 0. The maximum atomic E-state index is 6.06. The van der Waals surface area contributed by atoms with Crippen molar-refractivity contribution in [1.29, 1.82) is 0 Å². The van der Waals surface area contributed by atoms with Gasteiger partial charge >= 0.3 is 0 Å². The van der Waals surface area contributed by atoms with Gasteiger partial charge in [0, 0.05) is 16.2 Å². The summed E-state index contributed by atoms with van der Waals surface area (Å²) in [6, 6.07) is 4.14. The summed E-state index contributed by atoms with van der Waals surface area (Å²) in [5.74, 6) is 0.435. The molecule has 0 amide bonds. The van der Waals surface area contributed by atoms with Crippen molar-refractivity contribution in [2.24, 2.45) is 11.7 Å².